The number of nitrogens with one attached hydrogen (secondary N) is 1. The Bertz CT molecular complexity index is 410. The summed E-state index contributed by atoms with van der Waals surface area (Å²) in [5, 5.41) is 12.5. The number of aliphatic hydroxyl groups excluding tert-OH is 1. The van der Waals surface area contributed by atoms with E-state index in [1.165, 1.54) is 0 Å². The summed E-state index contributed by atoms with van der Waals surface area (Å²) in [5.74, 6) is -0.166. The molecule has 1 saturated carbocycles. The molecule has 1 amide bonds. The molecule has 88 valence electrons. The van der Waals surface area contributed by atoms with E-state index in [1.54, 1.807) is 16.8 Å². The average Bonchev–Trinajstić information content (AvgIpc) is 2.93. The Hall–Kier alpha value is -1.00. The fourth-order valence-corrected chi connectivity index (χ4v) is 1.93. The minimum Gasteiger partial charge on any atom is -0.394 e. The normalized spacial score (nSPS) is 17.2. The quantitative estimate of drug-likeness (QED) is 0.839. The number of rotatable bonds is 4. The van der Waals surface area contributed by atoms with Crippen molar-refractivity contribution in [3.05, 3.63) is 23.0 Å². The molecule has 0 atom stereocenters. The van der Waals surface area contributed by atoms with Crippen LogP contribution in [-0.2, 0) is 6.54 Å². The third kappa shape index (κ3) is 2.08. The number of nitrogens with zero attached hydrogens (tertiary/aromatic N) is 1. The maximum atomic E-state index is 12.0. The van der Waals surface area contributed by atoms with Crippen LogP contribution in [0.3, 0.4) is 0 Å². The van der Waals surface area contributed by atoms with Crippen molar-refractivity contribution in [2.75, 3.05) is 6.61 Å². The van der Waals surface area contributed by atoms with E-state index in [4.69, 9.17) is 16.7 Å². The molecule has 2 N–H and O–H groups in total. The number of amides is 1. The Morgan fingerprint density at radius 2 is 2.38 bits per heavy atom. The van der Waals surface area contributed by atoms with Crippen molar-refractivity contribution in [2.24, 2.45) is 0 Å². The van der Waals surface area contributed by atoms with Crippen molar-refractivity contribution < 1.29 is 9.90 Å². The molecule has 0 saturated heterocycles. The first-order chi connectivity index (χ1) is 7.60. The van der Waals surface area contributed by atoms with Crippen LogP contribution in [0.2, 0.25) is 5.02 Å². The molecule has 1 aliphatic carbocycles. The van der Waals surface area contributed by atoms with E-state index in [9.17, 15) is 4.79 Å². The number of carbonyl (C=O) groups excluding carboxylic acids is 1. The molecule has 1 aliphatic rings. The standard InChI is InChI=1S/C11H15ClN2O2/c1-2-14-6-8(12)5-9(14)10(16)13-11(7-15)3-4-11/h5-6,15H,2-4,7H2,1H3,(H,13,16). The summed E-state index contributed by atoms with van der Waals surface area (Å²) >= 11 is 5.86. The van der Waals surface area contributed by atoms with Gasteiger partial charge >= 0.3 is 0 Å². The lowest BCUT2D eigenvalue weighted by molar-refractivity contribution is 0.0897. The van der Waals surface area contributed by atoms with Crippen LogP contribution in [0.25, 0.3) is 0 Å². The summed E-state index contributed by atoms with van der Waals surface area (Å²) in [7, 11) is 0. The second-order valence-electron chi connectivity index (χ2n) is 4.22. The van der Waals surface area contributed by atoms with Gasteiger partial charge in [0.2, 0.25) is 0 Å². The van der Waals surface area contributed by atoms with Crippen LogP contribution in [0.1, 0.15) is 30.3 Å². The Morgan fingerprint density at radius 1 is 1.69 bits per heavy atom. The number of carbonyl (C=O) groups is 1. The Kier molecular flexibility index (Phi) is 2.95. The van der Waals surface area contributed by atoms with Gasteiger partial charge in [-0.15, -0.1) is 0 Å². The molecule has 0 bridgehead atoms. The molecule has 2 rings (SSSR count). The monoisotopic (exact) mass is 242 g/mol. The van der Waals surface area contributed by atoms with Gasteiger partial charge in [0.15, 0.2) is 0 Å². The highest BCUT2D eigenvalue weighted by Crippen LogP contribution is 2.34. The molecule has 1 heterocycles. The predicted molar refractivity (Wildman–Crippen MR) is 61.6 cm³/mol. The number of aliphatic hydroxyl groups is 1. The number of hydrogen-bond acceptors (Lipinski definition) is 2. The first-order valence-electron chi connectivity index (χ1n) is 5.39. The van der Waals surface area contributed by atoms with Gasteiger partial charge in [-0.05, 0) is 25.8 Å². The van der Waals surface area contributed by atoms with E-state index in [1.807, 2.05) is 6.92 Å². The number of halogens is 1. The van der Waals surface area contributed by atoms with Crippen molar-refractivity contribution in [2.45, 2.75) is 31.8 Å². The smallest absolute Gasteiger partial charge is 0.268 e. The second-order valence-corrected chi connectivity index (χ2v) is 4.66. The lowest BCUT2D eigenvalue weighted by atomic mass is 10.2. The van der Waals surface area contributed by atoms with Crippen LogP contribution in [0.5, 0.6) is 0 Å². The SMILES string of the molecule is CCn1cc(Cl)cc1C(=O)NC1(CO)CC1. The van der Waals surface area contributed by atoms with Crippen LogP contribution in [0.4, 0.5) is 0 Å². The molecule has 0 aliphatic heterocycles. The third-order valence-corrected chi connectivity index (χ3v) is 3.18. The lowest BCUT2D eigenvalue weighted by Gasteiger charge is -2.14. The van der Waals surface area contributed by atoms with Gasteiger partial charge in [-0.2, -0.15) is 0 Å². The zero-order valence-corrected chi connectivity index (χ0v) is 9.92. The number of aryl methyl sites for hydroxylation is 1. The van der Waals surface area contributed by atoms with Gasteiger partial charge in [-0.25, -0.2) is 0 Å². The minimum absolute atomic E-state index is 0.000689. The molecule has 16 heavy (non-hydrogen) atoms. The molecule has 0 aromatic carbocycles. The third-order valence-electron chi connectivity index (χ3n) is 2.97. The molecular weight excluding hydrogens is 228 g/mol. The van der Waals surface area contributed by atoms with Gasteiger partial charge in [0.05, 0.1) is 17.2 Å². The average molecular weight is 243 g/mol. The molecule has 1 fully saturated rings. The van der Waals surface area contributed by atoms with Crippen LogP contribution in [-0.4, -0.2) is 27.7 Å². The first-order valence-corrected chi connectivity index (χ1v) is 5.77. The van der Waals surface area contributed by atoms with Gasteiger partial charge in [0, 0.05) is 12.7 Å². The van der Waals surface area contributed by atoms with Crippen molar-refractivity contribution in [3.63, 3.8) is 0 Å². The molecule has 4 nitrogen and oxygen atoms in total. The van der Waals surface area contributed by atoms with E-state index in [-0.39, 0.29) is 18.1 Å². The minimum atomic E-state index is -0.383. The summed E-state index contributed by atoms with van der Waals surface area (Å²) in [6, 6.07) is 1.65. The van der Waals surface area contributed by atoms with Gasteiger partial charge < -0.3 is 15.0 Å². The molecule has 0 radical (unpaired) electrons. The maximum Gasteiger partial charge on any atom is 0.268 e. The lowest BCUT2D eigenvalue weighted by Crippen LogP contribution is -2.40. The Morgan fingerprint density at radius 3 is 2.88 bits per heavy atom. The topological polar surface area (TPSA) is 54.3 Å². The Balaban J connectivity index is 2.14. The number of aromatic nitrogens is 1. The maximum absolute atomic E-state index is 12.0. The second kappa shape index (κ2) is 4.11. The zero-order chi connectivity index (χ0) is 11.8. The molecule has 5 heteroatoms. The predicted octanol–water partition coefficient (Wildman–Crippen LogP) is 1.42. The molecular formula is C11H15ClN2O2. The fourth-order valence-electron chi connectivity index (χ4n) is 1.71. The van der Waals surface area contributed by atoms with Crippen molar-refractivity contribution in [1.29, 1.82) is 0 Å². The van der Waals surface area contributed by atoms with Crippen LogP contribution < -0.4 is 5.32 Å². The summed E-state index contributed by atoms with van der Waals surface area (Å²) in [6.45, 7) is 2.65. The Labute approximate surface area is 99.2 Å². The van der Waals surface area contributed by atoms with Crippen LogP contribution >= 0.6 is 11.6 Å². The van der Waals surface area contributed by atoms with Crippen LogP contribution in [0, 0.1) is 0 Å². The summed E-state index contributed by atoms with van der Waals surface area (Å²) in [5.41, 5.74) is 0.166. The van der Waals surface area contributed by atoms with Gasteiger partial charge in [0.1, 0.15) is 5.69 Å². The van der Waals surface area contributed by atoms with Crippen molar-refractivity contribution in [1.82, 2.24) is 9.88 Å². The zero-order valence-electron chi connectivity index (χ0n) is 9.16. The first kappa shape index (κ1) is 11.5. The van der Waals surface area contributed by atoms with Crippen molar-refractivity contribution in [3.8, 4) is 0 Å². The highest BCUT2D eigenvalue weighted by Gasteiger charge is 2.43. The van der Waals surface area contributed by atoms with E-state index in [0.717, 1.165) is 12.8 Å². The van der Waals surface area contributed by atoms with E-state index in [0.29, 0.717) is 17.3 Å². The van der Waals surface area contributed by atoms with Crippen LogP contribution in [0.15, 0.2) is 12.3 Å². The highest BCUT2D eigenvalue weighted by atomic mass is 35.5. The summed E-state index contributed by atoms with van der Waals surface area (Å²) < 4.78 is 1.80. The van der Waals surface area contributed by atoms with Gasteiger partial charge in [-0.3, -0.25) is 4.79 Å². The highest BCUT2D eigenvalue weighted by molar-refractivity contribution is 6.31. The summed E-state index contributed by atoms with van der Waals surface area (Å²) in [4.78, 5) is 12.0. The summed E-state index contributed by atoms with van der Waals surface area (Å²) in [6.07, 6.45) is 3.42. The largest absolute Gasteiger partial charge is 0.394 e. The molecule has 1 aromatic heterocycles. The van der Waals surface area contributed by atoms with Crippen molar-refractivity contribution >= 4 is 17.5 Å². The van der Waals surface area contributed by atoms with Gasteiger partial charge in [-0.1, -0.05) is 11.6 Å². The van der Waals surface area contributed by atoms with E-state index in [2.05, 4.69) is 5.32 Å². The molecule has 1 aromatic rings. The fraction of sp³-hybridized carbons (Fsp3) is 0.545. The molecule has 0 spiro atoms. The van der Waals surface area contributed by atoms with E-state index >= 15 is 0 Å². The van der Waals surface area contributed by atoms with E-state index < -0.39 is 0 Å². The number of hydrogen-bond donors (Lipinski definition) is 2. The molecule has 0 unspecified atom stereocenters. The van der Waals surface area contributed by atoms with Gasteiger partial charge in [0.25, 0.3) is 5.91 Å².